The number of nitriles is 1. The average molecular weight is 294 g/mol. The zero-order valence-electron chi connectivity index (χ0n) is 11.4. The monoisotopic (exact) mass is 293 g/mol. The summed E-state index contributed by atoms with van der Waals surface area (Å²) in [5.41, 5.74) is 6.60. The Morgan fingerprint density at radius 1 is 1.35 bits per heavy atom. The van der Waals surface area contributed by atoms with Crippen molar-refractivity contribution in [3.8, 4) is 6.07 Å². The number of carbonyl (C=O) groups excluding carboxylic acids is 1. The fraction of sp³-hybridized carbons (Fsp3) is 0.467. The molecule has 1 aromatic rings. The van der Waals surface area contributed by atoms with Crippen LogP contribution in [0.4, 0.5) is 0 Å². The molecule has 1 amide bonds. The maximum atomic E-state index is 11.2. The Morgan fingerprint density at radius 2 is 1.95 bits per heavy atom. The summed E-state index contributed by atoms with van der Waals surface area (Å²) in [6.07, 6.45) is 1.81. The Morgan fingerprint density at radius 3 is 2.45 bits per heavy atom. The van der Waals surface area contributed by atoms with Crippen LogP contribution in [0, 0.1) is 23.2 Å². The van der Waals surface area contributed by atoms with Crippen molar-refractivity contribution in [3.63, 3.8) is 0 Å². The molecule has 1 unspecified atom stereocenters. The first-order valence-electron chi connectivity index (χ1n) is 6.77. The Kier molecular flexibility index (Phi) is 6.50. The largest absolute Gasteiger partial charge is 1.00 e. The number of hydrogen-bond donors (Lipinski definition) is 2. The summed E-state index contributed by atoms with van der Waals surface area (Å²) in [6.45, 7) is 3.03. The number of nitrogens with two attached hydrogens (primary N) is 1. The first kappa shape index (κ1) is 16.5. The van der Waals surface area contributed by atoms with Crippen molar-refractivity contribution in [1.29, 1.82) is 5.26 Å². The van der Waals surface area contributed by atoms with Gasteiger partial charge in [0.15, 0.2) is 0 Å². The molecule has 0 aliphatic carbocycles. The molecule has 0 aromatic heterocycles. The highest BCUT2D eigenvalue weighted by Gasteiger charge is 2.31. The van der Waals surface area contributed by atoms with E-state index in [2.05, 4.69) is 30.3 Å². The van der Waals surface area contributed by atoms with Crippen LogP contribution in [0.2, 0.25) is 0 Å². The highest BCUT2D eigenvalue weighted by molar-refractivity contribution is 5.79. The molecule has 0 spiro atoms. The first-order valence-corrected chi connectivity index (χ1v) is 6.77. The maximum Gasteiger partial charge on any atom is 0.235 e. The van der Waals surface area contributed by atoms with Gasteiger partial charge in [0.05, 0.1) is 19.2 Å². The van der Waals surface area contributed by atoms with E-state index in [1.54, 1.807) is 0 Å². The Hall–Kier alpha value is -1.57. The summed E-state index contributed by atoms with van der Waals surface area (Å²) in [5.74, 6) is -0.945. The molecule has 3 N–H and O–H groups in total. The van der Waals surface area contributed by atoms with E-state index in [0.29, 0.717) is 0 Å². The van der Waals surface area contributed by atoms with Crippen molar-refractivity contribution in [2.45, 2.75) is 19.4 Å². The lowest BCUT2D eigenvalue weighted by Crippen LogP contribution is -3.11. The van der Waals surface area contributed by atoms with Crippen molar-refractivity contribution in [2.75, 3.05) is 13.1 Å². The van der Waals surface area contributed by atoms with Gasteiger partial charge in [-0.05, 0) is 5.92 Å². The van der Waals surface area contributed by atoms with E-state index in [0.717, 1.165) is 32.5 Å². The molecule has 2 rings (SSSR count). The van der Waals surface area contributed by atoms with E-state index in [1.807, 2.05) is 6.07 Å². The molecule has 1 heterocycles. The van der Waals surface area contributed by atoms with Crippen LogP contribution < -0.4 is 23.0 Å². The van der Waals surface area contributed by atoms with E-state index < -0.39 is 11.8 Å². The van der Waals surface area contributed by atoms with Gasteiger partial charge in [-0.2, -0.15) is 5.26 Å². The van der Waals surface area contributed by atoms with Gasteiger partial charge in [-0.25, -0.2) is 0 Å². The van der Waals surface area contributed by atoms with E-state index in [4.69, 9.17) is 11.0 Å². The Labute approximate surface area is 126 Å². The number of primary amides is 1. The Balaban J connectivity index is 0.00000200. The summed E-state index contributed by atoms with van der Waals surface area (Å²) in [7, 11) is 0. The number of piperidine rings is 1. The predicted molar refractivity (Wildman–Crippen MR) is 71.9 cm³/mol. The minimum atomic E-state index is -0.613. The average Bonchev–Trinajstić information content (AvgIpc) is 2.42. The zero-order chi connectivity index (χ0) is 13.7. The molecule has 1 saturated heterocycles. The number of nitrogens with one attached hydrogen (secondary N) is 1. The smallest absolute Gasteiger partial charge is 0.235 e. The summed E-state index contributed by atoms with van der Waals surface area (Å²) in [5, 5.41) is 8.99. The molecule has 0 bridgehead atoms. The number of nitrogens with zero attached hydrogens (tertiary/aromatic N) is 1. The number of amides is 1. The van der Waals surface area contributed by atoms with Gasteiger partial charge in [0.25, 0.3) is 0 Å². The lowest BCUT2D eigenvalue weighted by molar-refractivity contribution is -0.919. The normalized spacial score (nSPS) is 23.1. The molecule has 1 atom stereocenters. The molecule has 1 fully saturated rings. The van der Waals surface area contributed by atoms with Gasteiger partial charge in [-0.15, -0.1) is 0 Å². The third kappa shape index (κ3) is 4.22. The van der Waals surface area contributed by atoms with Gasteiger partial charge >= 0.3 is 0 Å². The molecule has 1 aliphatic heterocycles. The zero-order valence-corrected chi connectivity index (χ0v) is 12.1. The van der Waals surface area contributed by atoms with Crippen molar-refractivity contribution in [1.82, 2.24) is 0 Å². The fourth-order valence-electron chi connectivity index (χ4n) is 2.84. The summed E-state index contributed by atoms with van der Waals surface area (Å²) >= 11 is 0. The number of rotatable bonds is 4. The fourth-order valence-corrected chi connectivity index (χ4v) is 2.84. The highest BCUT2D eigenvalue weighted by atomic mass is 35.5. The quantitative estimate of drug-likeness (QED) is 0.626. The molecule has 1 aliphatic rings. The van der Waals surface area contributed by atoms with Crippen LogP contribution in [-0.4, -0.2) is 19.0 Å². The Bertz CT molecular complexity index is 464. The van der Waals surface area contributed by atoms with E-state index in [9.17, 15) is 4.79 Å². The number of hydrogen-bond acceptors (Lipinski definition) is 2. The topological polar surface area (TPSA) is 71.3 Å². The van der Waals surface area contributed by atoms with Crippen molar-refractivity contribution < 1.29 is 22.1 Å². The summed E-state index contributed by atoms with van der Waals surface area (Å²) in [6, 6.07) is 12.5. The van der Waals surface area contributed by atoms with Gasteiger partial charge in [-0.1, -0.05) is 30.3 Å². The van der Waals surface area contributed by atoms with Crippen molar-refractivity contribution in [3.05, 3.63) is 35.9 Å². The second kappa shape index (κ2) is 7.88. The van der Waals surface area contributed by atoms with E-state index in [-0.39, 0.29) is 18.3 Å². The number of carbonyl (C=O) groups is 1. The van der Waals surface area contributed by atoms with Crippen molar-refractivity contribution >= 4 is 5.91 Å². The number of quaternary nitrogens is 1. The molecule has 1 aromatic carbocycles. The van der Waals surface area contributed by atoms with Gasteiger partial charge in [-0.3, -0.25) is 4.79 Å². The maximum absolute atomic E-state index is 11.2. The number of benzene rings is 1. The third-order valence-corrected chi connectivity index (χ3v) is 3.95. The molecular weight excluding hydrogens is 274 g/mol. The second-order valence-corrected chi connectivity index (χ2v) is 5.26. The van der Waals surface area contributed by atoms with Crippen LogP contribution in [0.1, 0.15) is 18.4 Å². The molecule has 5 heteroatoms. The van der Waals surface area contributed by atoms with Crippen LogP contribution in [0.5, 0.6) is 0 Å². The molecule has 108 valence electrons. The lowest BCUT2D eigenvalue weighted by Gasteiger charge is -2.30. The van der Waals surface area contributed by atoms with E-state index >= 15 is 0 Å². The second-order valence-electron chi connectivity index (χ2n) is 5.26. The van der Waals surface area contributed by atoms with Crippen LogP contribution in [0.25, 0.3) is 0 Å². The van der Waals surface area contributed by atoms with Crippen LogP contribution in [0.3, 0.4) is 0 Å². The van der Waals surface area contributed by atoms with Crippen LogP contribution in [0.15, 0.2) is 30.3 Å². The minimum absolute atomic E-state index is 0. The van der Waals surface area contributed by atoms with Gasteiger partial charge in [0, 0.05) is 18.4 Å². The number of likely N-dealkylation sites (tertiary alicyclic amines) is 1. The molecule has 4 nitrogen and oxygen atoms in total. The standard InChI is InChI=1S/C15H19N3O.ClH/c16-10-14(15(17)19)13-6-8-18(9-7-13)11-12-4-2-1-3-5-12;/h1-5,13-14H,6-9,11H2,(H2,17,19);1H. The van der Waals surface area contributed by atoms with Gasteiger partial charge in [0.1, 0.15) is 12.5 Å². The molecular formula is C15H20ClN3O. The van der Waals surface area contributed by atoms with E-state index in [1.165, 1.54) is 10.5 Å². The lowest BCUT2D eigenvalue weighted by atomic mass is 9.84. The van der Waals surface area contributed by atoms with Crippen molar-refractivity contribution in [2.24, 2.45) is 17.6 Å². The van der Waals surface area contributed by atoms with Crippen LogP contribution >= 0.6 is 0 Å². The van der Waals surface area contributed by atoms with Crippen LogP contribution in [-0.2, 0) is 11.3 Å². The molecule has 0 radical (unpaired) electrons. The minimum Gasteiger partial charge on any atom is -1.00 e. The van der Waals surface area contributed by atoms with Gasteiger partial charge in [0.2, 0.25) is 5.91 Å². The third-order valence-electron chi connectivity index (χ3n) is 3.95. The molecule has 20 heavy (non-hydrogen) atoms. The summed E-state index contributed by atoms with van der Waals surface area (Å²) < 4.78 is 0. The molecule has 0 saturated carbocycles. The number of halogens is 1. The van der Waals surface area contributed by atoms with Gasteiger partial charge < -0.3 is 23.0 Å². The highest BCUT2D eigenvalue weighted by Crippen LogP contribution is 2.20. The predicted octanol–water partition coefficient (Wildman–Crippen LogP) is -2.89. The first-order chi connectivity index (χ1) is 9.20. The SMILES string of the molecule is N#CC(C(N)=O)C1CC[NH+](Cc2ccccc2)CC1.[Cl-]. The summed E-state index contributed by atoms with van der Waals surface area (Å²) in [4.78, 5) is 12.7.